The number of nitrogens with zero attached hydrogens (tertiary/aromatic N) is 1. The maximum absolute atomic E-state index is 6.41. The van der Waals surface area contributed by atoms with Crippen LogP contribution in [0.2, 0.25) is 0 Å². The van der Waals surface area contributed by atoms with Crippen LogP contribution in [0.3, 0.4) is 0 Å². The molecule has 1 saturated carbocycles. The van der Waals surface area contributed by atoms with E-state index >= 15 is 0 Å². The van der Waals surface area contributed by atoms with Gasteiger partial charge in [-0.25, -0.2) is 0 Å². The van der Waals surface area contributed by atoms with Crippen molar-refractivity contribution >= 4 is 12.6 Å². The molecule has 1 aliphatic rings. The largest absolute Gasteiger partial charge is 0.366 e. The molecule has 2 N–H and O–H groups in total. The Kier molecular flexibility index (Phi) is 27.4. The zero-order valence-corrected chi connectivity index (χ0v) is 22.9. The maximum Gasteiger partial charge on any atom is 0.0371 e. The van der Waals surface area contributed by atoms with Crippen LogP contribution in [0, 0.1) is 0 Å². The minimum Gasteiger partial charge on any atom is -0.366 e. The number of rotatable bonds is 9. The van der Waals surface area contributed by atoms with E-state index in [2.05, 4.69) is 86.6 Å². The molecule has 2 atom stereocenters. The van der Waals surface area contributed by atoms with Crippen LogP contribution in [0.5, 0.6) is 0 Å². The molecule has 1 fully saturated rings. The first-order valence-corrected chi connectivity index (χ1v) is 12.9. The van der Waals surface area contributed by atoms with Crippen molar-refractivity contribution in [3.8, 4) is 0 Å². The van der Waals surface area contributed by atoms with E-state index in [4.69, 9.17) is 5.73 Å². The standard InChI is InChI=1S/C23H36N2.2C2H6.CH4S/c1-6-10-14-20-17-23(16-19(20)5)25(18-21(24)12-8-3)22(13-9-4)15-11-7-2;3*1-2/h6-7,9-11,13-15,21,23H,5,8,12,16-18,24H2,1-4H3;2*1-2H3;2H,1H3/b10-6-,11-7-,13-9-,20-14-,22-15+;;;. The molecule has 31 heavy (non-hydrogen) atoms. The van der Waals surface area contributed by atoms with Gasteiger partial charge in [-0.05, 0) is 69.6 Å². The Bertz CT molecular complexity index is 568. The van der Waals surface area contributed by atoms with Crippen LogP contribution in [0.25, 0.3) is 0 Å². The first-order valence-electron chi connectivity index (χ1n) is 12.0. The monoisotopic (exact) mass is 448 g/mol. The highest BCUT2D eigenvalue weighted by Gasteiger charge is 2.29. The second kappa shape index (κ2) is 24.8. The van der Waals surface area contributed by atoms with Crippen molar-refractivity contribution in [2.45, 2.75) is 93.2 Å². The molecule has 0 radical (unpaired) electrons. The lowest BCUT2D eigenvalue weighted by molar-refractivity contribution is 0.249. The van der Waals surface area contributed by atoms with Crippen LogP contribution in [0.1, 0.15) is 81.1 Å². The lowest BCUT2D eigenvalue weighted by atomic mass is 10.1. The van der Waals surface area contributed by atoms with E-state index in [9.17, 15) is 0 Å². The number of allylic oxidation sites excluding steroid dienone is 8. The molecule has 1 rings (SSSR count). The molecule has 180 valence electrons. The quantitative estimate of drug-likeness (QED) is 0.274. The summed E-state index contributed by atoms with van der Waals surface area (Å²) in [4.78, 5) is 2.49. The maximum atomic E-state index is 6.41. The van der Waals surface area contributed by atoms with Gasteiger partial charge in [0.15, 0.2) is 0 Å². The van der Waals surface area contributed by atoms with Crippen molar-refractivity contribution in [3.63, 3.8) is 0 Å². The van der Waals surface area contributed by atoms with E-state index in [1.54, 1.807) is 6.26 Å². The fourth-order valence-electron chi connectivity index (χ4n) is 3.30. The zero-order chi connectivity index (χ0) is 24.7. The fraction of sp³-hybridized carbons (Fsp3) is 0.571. The van der Waals surface area contributed by atoms with Gasteiger partial charge in [0.05, 0.1) is 0 Å². The molecule has 2 nitrogen and oxygen atoms in total. The highest BCUT2D eigenvalue weighted by Crippen LogP contribution is 2.35. The lowest BCUT2D eigenvalue weighted by Gasteiger charge is -2.34. The van der Waals surface area contributed by atoms with Crippen molar-refractivity contribution < 1.29 is 0 Å². The van der Waals surface area contributed by atoms with Crippen LogP contribution >= 0.6 is 12.6 Å². The van der Waals surface area contributed by atoms with Crippen molar-refractivity contribution in [2.75, 3.05) is 12.8 Å². The molecule has 0 aromatic carbocycles. The minimum absolute atomic E-state index is 0.195. The van der Waals surface area contributed by atoms with Gasteiger partial charge in [0.1, 0.15) is 0 Å². The van der Waals surface area contributed by atoms with E-state index in [1.165, 1.54) is 16.8 Å². The number of nitrogens with two attached hydrogens (primary N) is 1. The van der Waals surface area contributed by atoms with Gasteiger partial charge in [0.2, 0.25) is 0 Å². The van der Waals surface area contributed by atoms with Crippen molar-refractivity contribution in [3.05, 3.63) is 72.0 Å². The Balaban J connectivity index is -0.00000120. The molecule has 1 aliphatic carbocycles. The van der Waals surface area contributed by atoms with Gasteiger partial charge in [0, 0.05) is 24.3 Å². The van der Waals surface area contributed by atoms with Crippen LogP contribution in [0.4, 0.5) is 0 Å². The third kappa shape index (κ3) is 15.1. The average Bonchev–Trinajstić information content (AvgIpc) is 3.18. The molecular weight excluding hydrogens is 396 g/mol. The Hall–Kier alpha value is -1.45. The molecule has 0 spiro atoms. The molecular formula is C28H52N2S. The Labute approximate surface area is 201 Å². The summed E-state index contributed by atoms with van der Waals surface area (Å²) in [6, 6.07) is 0.626. The Morgan fingerprint density at radius 2 is 1.65 bits per heavy atom. The summed E-state index contributed by atoms with van der Waals surface area (Å²) in [7, 11) is 0. The van der Waals surface area contributed by atoms with Gasteiger partial charge in [-0.3, -0.25) is 0 Å². The second-order valence-electron chi connectivity index (χ2n) is 6.70. The van der Waals surface area contributed by atoms with Gasteiger partial charge in [-0.1, -0.05) is 84.1 Å². The second-order valence-corrected chi connectivity index (χ2v) is 6.70. The van der Waals surface area contributed by atoms with Crippen LogP contribution < -0.4 is 5.73 Å². The summed E-state index contributed by atoms with van der Waals surface area (Å²) in [5.74, 6) is 0. The van der Waals surface area contributed by atoms with E-state index in [0.29, 0.717) is 6.04 Å². The summed E-state index contributed by atoms with van der Waals surface area (Å²) >= 11 is 3.53. The van der Waals surface area contributed by atoms with Gasteiger partial charge in [-0.2, -0.15) is 12.6 Å². The number of thiol groups is 1. The molecule has 3 heteroatoms. The average molecular weight is 449 g/mol. The van der Waals surface area contributed by atoms with Crippen LogP contribution in [-0.2, 0) is 0 Å². The Morgan fingerprint density at radius 3 is 2.13 bits per heavy atom. The number of hydrogen-bond acceptors (Lipinski definition) is 3. The molecule has 0 heterocycles. The van der Waals surface area contributed by atoms with Crippen molar-refractivity contribution in [1.29, 1.82) is 0 Å². The first kappa shape index (κ1) is 34.2. The third-order valence-corrected chi connectivity index (χ3v) is 4.54. The van der Waals surface area contributed by atoms with Gasteiger partial charge in [0.25, 0.3) is 0 Å². The smallest absolute Gasteiger partial charge is 0.0371 e. The minimum atomic E-state index is 0.195. The van der Waals surface area contributed by atoms with Gasteiger partial charge in [-0.15, -0.1) is 0 Å². The lowest BCUT2D eigenvalue weighted by Crippen LogP contribution is -2.41. The highest BCUT2D eigenvalue weighted by atomic mass is 32.1. The molecule has 2 unspecified atom stereocenters. The molecule has 0 saturated heterocycles. The van der Waals surface area contributed by atoms with Gasteiger partial charge >= 0.3 is 0 Å². The summed E-state index contributed by atoms with van der Waals surface area (Å²) in [6.45, 7) is 21.5. The number of hydrogen-bond donors (Lipinski definition) is 2. The van der Waals surface area contributed by atoms with Crippen LogP contribution in [-0.4, -0.2) is 29.8 Å². The van der Waals surface area contributed by atoms with E-state index < -0.39 is 0 Å². The summed E-state index contributed by atoms with van der Waals surface area (Å²) in [5, 5.41) is 0. The first-order chi connectivity index (χ1) is 15.1. The van der Waals surface area contributed by atoms with Gasteiger partial charge < -0.3 is 10.6 Å². The predicted molar refractivity (Wildman–Crippen MR) is 150 cm³/mol. The molecule has 0 aromatic heterocycles. The van der Waals surface area contributed by atoms with Crippen molar-refractivity contribution in [2.24, 2.45) is 5.73 Å². The topological polar surface area (TPSA) is 29.3 Å². The molecule has 0 bridgehead atoms. The highest BCUT2D eigenvalue weighted by molar-refractivity contribution is 7.79. The Morgan fingerprint density at radius 1 is 1.06 bits per heavy atom. The van der Waals surface area contributed by atoms with E-state index in [0.717, 1.165) is 32.2 Å². The normalized spacial score (nSPS) is 18.4. The van der Waals surface area contributed by atoms with E-state index in [-0.39, 0.29) is 6.04 Å². The SMILES string of the molecule is C=C1CC(N(CC(N)CCC)C(/C=C\C)=C/C=C\C)C/C1=C/C=C\C.CC.CC.CS. The summed E-state index contributed by atoms with van der Waals surface area (Å²) < 4.78 is 0. The predicted octanol–water partition coefficient (Wildman–Crippen LogP) is 8.27. The summed E-state index contributed by atoms with van der Waals surface area (Å²) in [5.41, 5.74) is 10.3. The molecule has 0 aromatic rings. The van der Waals surface area contributed by atoms with Crippen molar-refractivity contribution in [1.82, 2.24) is 4.90 Å². The fourth-order valence-corrected chi connectivity index (χ4v) is 3.30. The zero-order valence-electron chi connectivity index (χ0n) is 22.0. The van der Waals surface area contributed by atoms with E-state index in [1.807, 2.05) is 41.5 Å². The molecule has 0 aliphatic heterocycles. The molecule has 0 amide bonds. The van der Waals surface area contributed by atoms with Crippen LogP contribution in [0.15, 0.2) is 72.0 Å². The third-order valence-electron chi connectivity index (χ3n) is 4.54. The summed E-state index contributed by atoms with van der Waals surface area (Å²) in [6.07, 6.45) is 23.0.